The van der Waals surface area contributed by atoms with Gasteiger partial charge in [0.15, 0.2) is 0 Å². The number of carboxylic acid groups (broad SMARTS) is 1. The van der Waals surface area contributed by atoms with Crippen LogP contribution in [0.5, 0.6) is 5.75 Å². The van der Waals surface area contributed by atoms with Crippen molar-refractivity contribution in [2.45, 2.75) is 5.54 Å². The molecule has 2 N–H and O–H groups in total. The molecule has 0 atom stereocenters. The summed E-state index contributed by atoms with van der Waals surface area (Å²) >= 11 is -0.0295. The molecule has 0 unspecified atom stereocenters. The first kappa shape index (κ1) is 14.5. The molecule has 0 amide bonds. The molecule has 0 aliphatic heterocycles. The van der Waals surface area contributed by atoms with E-state index in [1.807, 2.05) is 6.08 Å². The minimum Gasteiger partial charge on any atom is -0.507 e. The van der Waals surface area contributed by atoms with Crippen molar-refractivity contribution in [1.82, 2.24) is 0 Å². The first-order chi connectivity index (χ1) is 7.13. The summed E-state index contributed by atoms with van der Waals surface area (Å²) in [5.41, 5.74) is -0.0671. The molecule has 0 bridgehead atoms. The molecule has 0 radical (unpaired) electrons. The van der Waals surface area contributed by atoms with Gasteiger partial charge in [-0.2, -0.15) is 0 Å². The molecule has 0 aromatic heterocycles. The Kier molecular flexibility index (Phi) is 8.47. The van der Waals surface area contributed by atoms with Crippen LogP contribution in [0.2, 0.25) is 5.54 Å². The van der Waals surface area contributed by atoms with Gasteiger partial charge in [-0.25, -0.2) is 4.79 Å². The fourth-order valence-corrected chi connectivity index (χ4v) is 1.50. The third-order valence-electron chi connectivity index (χ3n) is 1.63. The number of hydrogen-bond donors (Lipinski definition) is 2. The predicted octanol–water partition coefficient (Wildman–Crippen LogP) is 2.43. The zero-order chi connectivity index (χ0) is 11.7. The van der Waals surface area contributed by atoms with Gasteiger partial charge < -0.3 is 10.2 Å². The number of aromatic carboxylic acids is 1. The van der Waals surface area contributed by atoms with Gasteiger partial charge in [-0.15, -0.1) is 0 Å². The van der Waals surface area contributed by atoms with Crippen LogP contribution in [0.4, 0.5) is 0 Å². The maximum Gasteiger partial charge on any atom is 0.339 e. The predicted molar refractivity (Wildman–Crippen MR) is 61.7 cm³/mol. The third kappa shape index (κ3) is 6.55. The SMILES string of the molecule is C=C[CH2][Ca][CH3].O=C(O)c1ccccc1O. The van der Waals surface area contributed by atoms with Crippen LogP contribution in [0, 0.1) is 0 Å². The maximum absolute atomic E-state index is 10.3. The van der Waals surface area contributed by atoms with Crippen LogP contribution >= 0.6 is 0 Å². The van der Waals surface area contributed by atoms with E-state index < -0.39 is 5.97 Å². The van der Waals surface area contributed by atoms with Gasteiger partial charge in [0.25, 0.3) is 0 Å². The molecular weight excluding hydrogens is 220 g/mol. The first-order valence-corrected chi connectivity index (χ1v) is 8.52. The number of carbonyl (C=O) groups is 1. The molecule has 0 spiro atoms. The molecule has 3 nitrogen and oxygen atoms in total. The van der Waals surface area contributed by atoms with Gasteiger partial charge in [0.1, 0.15) is 11.3 Å². The number of rotatable bonds is 3. The van der Waals surface area contributed by atoms with Crippen molar-refractivity contribution in [3.05, 3.63) is 42.5 Å². The second-order valence-electron chi connectivity index (χ2n) is 2.90. The van der Waals surface area contributed by atoms with Crippen LogP contribution in [0.1, 0.15) is 10.4 Å². The maximum atomic E-state index is 10.3. The van der Waals surface area contributed by atoms with Gasteiger partial charge in [-0.05, 0) is 12.1 Å². The minimum absolute atomic E-state index is 0.0295. The largest absolute Gasteiger partial charge is 0.507 e. The van der Waals surface area contributed by atoms with Gasteiger partial charge in [0.05, 0.1) is 0 Å². The Labute approximate surface area is 108 Å². The van der Waals surface area contributed by atoms with Crippen LogP contribution in [0.25, 0.3) is 0 Å². The number of hydrogen-bond acceptors (Lipinski definition) is 2. The zero-order valence-electron chi connectivity index (χ0n) is 8.81. The smallest absolute Gasteiger partial charge is 0.339 e. The second kappa shape index (κ2) is 8.77. The van der Waals surface area contributed by atoms with E-state index >= 15 is 0 Å². The summed E-state index contributed by atoms with van der Waals surface area (Å²) in [7, 11) is 0. The topological polar surface area (TPSA) is 57.5 Å². The number of para-hydroxylation sites is 1. The van der Waals surface area contributed by atoms with E-state index in [1.54, 1.807) is 12.1 Å². The van der Waals surface area contributed by atoms with E-state index in [9.17, 15) is 4.79 Å². The summed E-state index contributed by atoms with van der Waals surface area (Å²) in [6, 6.07) is 5.81. The number of benzene rings is 1. The van der Waals surface area contributed by atoms with Crippen molar-refractivity contribution >= 4 is 39.8 Å². The normalized spacial score (nSPS) is 8.07. The fraction of sp³-hybridized carbons (Fsp3) is 0.182. The summed E-state index contributed by atoms with van der Waals surface area (Å²) < 4.78 is 3.67. The molecule has 4 heteroatoms. The average Bonchev–Trinajstić information content (AvgIpc) is 2.20. The minimum atomic E-state index is -1.11. The van der Waals surface area contributed by atoms with Gasteiger partial charge in [-0.1, -0.05) is 12.1 Å². The summed E-state index contributed by atoms with van der Waals surface area (Å²) in [4.78, 5) is 10.3. The van der Waals surface area contributed by atoms with Crippen LogP contribution in [-0.2, 0) is 0 Å². The molecule has 0 aliphatic rings. The fourth-order valence-electron chi connectivity index (χ4n) is 0.859. The van der Waals surface area contributed by atoms with Gasteiger partial charge in [0, 0.05) is 0 Å². The number of carboxylic acids is 1. The molecule has 0 aliphatic carbocycles. The standard InChI is InChI=1S/C7H6O3.C3H5.CH3.Ca/c8-6-4-2-1-3-5(6)7(9)10;1-3-2;;/h1-4,8H,(H,9,10);3H,1-2H2;1H3;. The van der Waals surface area contributed by atoms with Crippen LogP contribution < -0.4 is 0 Å². The van der Waals surface area contributed by atoms with Gasteiger partial charge in [0.2, 0.25) is 0 Å². The quantitative estimate of drug-likeness (QED) is 0.624. The molecule has 0 heterocycles. The van der Waals surface area contributed by atoms with Crippen LogP contribution in [0.3, 0.4) is 0 Å². The summed E-state index contributed by atoms with van der Waals surface area (Å²) in [6.07, 6.45) is 2.01. The summed E-state index contributed by atoms with van der Waals surface area (Å²) in [6.45, 7) is 3.60. The second-order valence-corrected chi connectivity index (χ2v) is 5.36. The van der Waals surface area contributed by atoms with E-state index in [2.05, 4.69) is 9.60 Å². The van der Waals surface area contributed by atoms with Crippen molar-refractivity contribution in [2.75, 3.05) is 0 Å². The number of aromatic hydroxyl groups is 1. The Bertz CT molecular complexity index is 323. The van der Waals surface area contributed by atoms with Crippen molar-refractivity contribution in [2.24, 2.45) is 0 Å². The zero-order valence-corrected chi connectivity index (χ0v) is 11.0. The molecule has 0 saturated heterocycles. The Balaban J connectivity index is 0.000000336. The van der Waals surface area contributed by atoms with Crippen molar-refractivity contribution in [3.63, 3.8) is 0 Å². The van der Waals surface area contributed by atoms with E-state index in [4.69, 9.17) is 10.2 Å². The molecular formula is C11H14CaO3. The Hall–Kier alpha value is -0.510. The van der Waals surface area contributed by atoms with Crippen LogP contribution in [-0.4, -0.2) is 50.0 Å². The molecule has 1 rings (SSSR count). The molecule has 15 heavy (non-hydrogen) atoms. The van der Waals surface area contributed by atoms with Gasteiger partial charge >= 0.3 is 58.0 Å². The Morgan fingerprint density at radius 1 is 1.53 bits per heavy atom. The molecule has 0 fully saturated rings. The van der Waals surface area contributed by atoms with Gasteiger partial charge in [-0.3, -0.25) is 0 Å². The molecule has 78 valence electrons. The van der Waals surface area contributed by atoms with E-state index in [0.717, 1.165) is 0 Å². The van der Waals surface area contributed by atoms with E-state index in [1.165, 1.54) is 14.7 Å². The number of allylic oxidation sites excluding steroid dienone is 1. The Morgan fingerprint density at radius 2 is 2.13 bits per heavy atom. The van der Waals surface area contributed by atoms with Crippen molar-refractivity contribution in [3.8, 4) is 5.75 Å². The first-order valence-electron chi connectivity index (χ1n) is 4.75. The molecule has 1 aromatic rings. The summed E-state index contributed by atoms with van der Waals surface area (Å²) in [5.74, 6) is -1.31. The Morgan fingerprint density at radius 3 is 2.40 bits per heavy atom. The summed E-state index contributed by atoms with van der Waals surface area (Å²) in [5, 5.41) is 17.3. The number of phenols is 1. The molecule has 0 saturated carbocycles. The van der Waals surface area contributed by atoms with Crippen molar-refractivity contribution in [1.29, 1.82) is 0 Å². The monoisotopic (exact) mass is 234 g/mol. The van der Waals surface area contributed by atoms with E-state index in [-0.39, 0.29) is 45.2 Å². The van der Waals surface area contributed by atoms with Crippen molar-refractivity contribution < 1.29 is 15.0 Å². The van der Waals surface area contributed by atoms with Crippen LogP contribution in [0.15, 0.2) is 36.9 Å². The van der Waals surface area contributed by atoms with E-state index in [0.29, 0.717) is 0 Å². The third-order valence-corrected chi connectivity index (χ3v) is 3.17. The molecule has 1 aromatic carbocycles. The average molecular weight is 234 g/mol.